The van der Waals surface area contributed by atoms with Gasteiger partial charge in [-0.1, -0.05) is 51.3 Å². The summed E-state index contributed by atoms with van der Waals surface area (Å²) in [6.45, 7) is 3.33. The fraction of sp³-hybridized carbons (Fsp3) is 0.500. The van der Waals surface area contributed by atoms with Crippen LogP contribution in [0.15, 0.2) is 18.2 Å². The molecular weight excluding hydrogens is 325 g/mol. The maximum absolute atomic E-state index is 6.17. The summed E-state index contributed by atoms with van der Waals surface area (Å²) in [5.74, 6) is 0. The van der Waals surface area contributed by atoms with Gasteiger partial charge in [-0.3, -0.25) is 4.90 Å². The number of benzene rings is 1. The highest BCUT2D eigenvalue weighted by atomic mass is 79.9. The molecule has 1 aromatic carbocycles. The molecule has 0 saturated carbocycles. The minimum Gasteiger partial charge on any atom is -0.383 e. The van der Waals surface area contributed by atoms with Gasteiger partial charge in [0.1, 0.15) is 0 Å². The number of hydrogen-bond donors (Lipinski definition) is 0. The Kier molecular flexibility index (Phi) is 7.47. The first-order valence-electron chi connectivity index (χ1n) is 5.39. The molecule has 96 valence electrons. The predicted molar refractivity (Wildman–Crippen MR) is 77.4 cm³/mol. The van der Waals surface area contributed by atoms with E-state index in [4.69, 9.17) is 27.9 Å². The standard InChI is InChI=1S/C12H16BrCl2NO/c1-17-8-7-16(6-5-13)9-10-3-2-4-11(14)12(10)15/h2-4H,5-9H2,1H3. The number of hydrogen-bond acceptors (Lipinski definition) is 2. The van der Waals surface area contributed by atoms with E-state index in [1.807, 2.05) is 12.1 Å². The third-order valence-electron chi connectivity index (χ3n) is 2.44. The Morgan fingerprint density at radius 2 is 2.06 bits per heavy atom. The topological polar surface area (TPSA) is 12.5 Å². The van der Waals surface area contributed by atoms with Crippen molar-refractivity contribution in [3.63, 3.8) is 0 Å². The first-order chi connectivity index (χ1) is 8.19. The molecule has 0 aliphatic rings. The van der Waals surface area contributed by atoms with E-state index >= 15 is 0 Å². The second-order valence-corrected chi connectivity index (χ2v) is 5.25. The zero-order valence-corrected chi connectivity index (χ0v) is 12.9. The van der Waals surface area contributed by atoms with Gasteiger partial charge in [-0.25, -0.2) is 0 Å². The Hall–Kier alpha value is 0.200. The van der Waals surface area contributed by atoms with Crippen LogP contribution in [0.4, 0.5) is 0 Å². The van der Waals surface area contributed by atoms with Crippen LogP contribution in [0.3, 0.4) is 0 Å². The fourth-order valence-corrected chi connectivity index (χ4v) is 2.40. The highest BCUT2D eigenvalue weighted by Gasteiger charge is 2.09. The molecule has 0 amide bonds. The smallest absolute Gasteiger partial charge is 0.0637 e. The summed E-state index contributed by atoms with van der Waals surface area (Å²) in [6, 6.07) is 5.73. The van der Waals surface area contributed by atoms with Crippen molar-refractivity contribution in [3.05, 3.63) is 33.8 Å². The van der Waals surface area contributed by atoms with E-state index in [0.717, 1.165) is 30.5 Å². The molecule has 0 heterocycles. The van der Waals surface area contributed by atoms with E-state index in [1.165, 1.54) is 0 Å². The van der Waals surface area contributed by atoms with Gasteiger partial charge in [-0.05, 0) is 11.6 Å². The lowest BCUT2D eigenvalue weighted by Gasteiger charge is -2.21. The van der Waals surface area contributed by atoms with E-state index in [2.05, 4.69) is 20.8 Å². The van der Waals surface area contributed by atoms with Gasteiger partial charge in [0.2, 0.25) is 0 Å². The molecule has 0 aliphatic carbocycles. The van der Waals surface area contributed by atoms with Crippen LogP contribution in [0.25, 0.3) is 0 Å². The summed E-state index contributed by atoms with van der Waals surface area (Å²) in [4.78, 5) is 2.27. The van der Waals surface area contributed by atoms with Gasteiger partial charge in [-0.15, -0.1) is 0 Å². The third kappa shape index (κ3) is 5.14. The second-order valence-electron chi connectivity index (χ2n) is 3.67. The second kappa shape index (κ2) is 8.33. The summed E-state index contributed by atoms with van der Waals surface area (Å²) < 4.78 is 5.09. The first-order valence-corrected chi connectivity index (χ1v) is 7.27. The van der Waals surface area contributed by atoms with Crippen molar-refractivity contribution >= 4 is 39.1 Å². The van der Waals surface area contributed by atoms with Gasteiger partial charge in [0.05, 0.1) is 16.7 Å². The molecule has 0 bridgehead atoms. The predicted octanol–water partition coefficient (Wildman–Crippen LogP) is 3.84. The minimum absolute atomic E-state index is 0.606. The minimum atomic E-state index is 0.606. The Morgan fingerprint density at radius 1 is 1.29 bits per heavy atom. The monoisotopic (exact) mass is 339 g/mol. The van der Waals surface area contributed by atoms with E-state index in [-0.39, 0.29) is 0 Å². The molecule has 0 N–H and O–H groups in total. The van der Waals surface area contributed by atoms with Crippen molar-refractivity contribution in [2.45, 2.75) is 6.54 Å². The van der Waals surface area contributed by atoms with Gasteiger partial charge >= 0.3 is 0 Å². The van der Waals surface area contributed by atoms with Gasteiger partial charge in [0.25, 0.3) is 0 Å². The number of halogens is 3. The molecule has 0 aliphatic heterocycles. The highest BCUT2D eigenvalue weighted by Crippen LogP contribution is 2.26. The van der Waals surface area contributed by atoms with Gasteiger partial charge in [0, 0.05) is 32.1 Å². The molecule has 0 fully saturated rings. The van der Waals surface area contributed by atoms with Crippen LogP contribution >= 0.6 is 39.1 Å². The Balaban J connectivity index is 2.67. The normalized spacial score (nSPS) is 11.1. The summed E-state index contributed by atoms with van der Waals surface area (Å²) in [5, 5.41) is 2.18. The quantitative estimate of drug-likeness (QED) is 0.699. The van der Waals surface area contributed by atoms with Crippen molar-refractivity contribution in [2.75, 3.05) is 32.1 Å². The van der Waals surface area contributed by atoms with Crippen LogP contribution in [-0.4, -0.2) is 37.0 Å². The lowest BCUT2D eigenvalue weighted by atomic mass is 10.2. The van der Waals surface area contributed by atoms with Crippen LogP contribution in [0.1, 0.15) is 5.56 Å². The SMILES string of the molecule is COCCN(CCBr)Cc1cccc(Cl)c1Cl. The maximum Gasteiger partial charge on any atom is 0.0637 e. The van der Waals surface area contributed by atoms with E-state index < -0.39 is 0 Å². The number of ether oxygens (including phenoxy) is 1. The average Bonchev–Trinajstić information content (AvgIpc) is 2.32. The molecule has 0 unspecified atom stereocenters. The summed E-state index contributed by atoms with van der Waals surface area (Å²) in [5.41, 5.74) is 1.05. The largest absolute Gasteiger partial charge is 0.383 e. The van der Waals surface area contributed by atoms with Crippen molar-refractivity contribution in [1.82, 2.24) is 4.90 Å². The average molecular weight is 341 g/mol. The molecule has 5 heteroatoms. The lowest BCUT2D eigenvalue weighted by molar-refractivity contribution is 0.148. The Bertz CT molecular complexity index is 349. The van der Waals surface area contributed by atoms with E-state index in [1.54, 1.807) is 13.2 Å². The molecule has 1 aromatic rings. The van der Waals surface area contributed by atoms with Crippen LogP contribution in [0, 0.1) is 0 Å². The molecule has 17 heavy (non-hydrogen) atoms. The van der Waals surface area contributed by atoms with Crippen molar-refractivity contribution in [2.24, 2.45) is 0 Å². The van der Waals surface area contributed by atoms with Crippen LogP contribution < -0.4 is 0 Å². The molecule has 0 radical (unpaired) electrons. The van der Waals surface area contributed by atoms with Crippen molar-refractivity contribution in [3.8, 4) is 0 Å². The zero-order chi connectivity index (χ0) is 12.7. The number of alkyl halides is 1. The van der Waals surface area contributed by atoms with E-state index in [9.17, 15) is 0 Å². The first kappa shape index (κ1) is 15.3. The zero-order valence-electron chi connectivity index (χ0n) is 9.76. The number of methoxy groups -OCH3 is 1. The van der Waals surface area contributed by atoms with Crippen LogP contribution in [0.2, 0.25) is 10.0 Å². The molecule has 0 aromatic heterocycles. The van der Waals surface area contributed by atoms with Gasteiger partial charge in [-0.2, -0.15) is 0 Å². The fourth-order valence-electron chi connectivity index (χ4n) is 1.52. The summed E-state index contributed by atoms with van der Waals surface area (Å²) in [7, 11) is 1.71. The summed E-state index contributed by atoms with van der Waals surface area (Å²) >= 11 is 15.6. The Labute approximate surface area is 121 Å². The molecule has 0 saturated heterocycles. The molecular formula is C12H16BrCl2NO. The van der Waals surface area contributed by atoms with Crippen LogP contribution in [-0.2, 0) is 11.3 Å². The van der Waals surface area contributed by atoms with Crippen molar-refractivity contribution in [1.29, 1.82) is 0 Å². The summed E-state index contributed by atoms with van der Waals surface area (Å²) in [6.07, 6.45) is 0. The molecule has 0 atom stereocenters. The molecule has 2 nitrogen and oxygen atoms in total. The molecule has 0 spiro atoms. The lowest BCUT2D eigenvalue weighted by Crippen LogP contribution is -2.29. The van der Waals surface area contributed by atoms with Gasteiger partial charge < -0.3 is 4.74 Å². The third-order valence-corrected chi connectivity index (χ3v) is 3.65. The van der Waals surface area contributed by atoms with Gasteiger partial charge in [0.15, 0.2) is 0 Å². The maximum atomic E-state index is 6.17. The highest BCUT2D eigenvalue weighted by molar-refractivity contribution is 9.09. The van der Waals surface area contributed by atoms with E-state index in [0.29, 0.717) is 16.7 Å². The number of nitrogens with zero attached hydrogens (tertiary/aromatic N) is 1. The van der Waals surface area contributed by atoms with Crippen molar-refractivity contribution < 1.29 is 4.74 Å². The van der Waals surface area contributed by atoms with Crippen LogP contribution in [0.5, 0.6) is 0 Å². The number of rotatable bonds is 7. The Morgan fingerprint density at radius 3 is 2.71 bits per heavy atom. The molecule has 1 rings (SSSR count).